The van der Waals surface area contributed by atoms with Crippen molar-refractivity contribution in [2.45, 2.75) is 17.2 Å². The zero-order valence-corrected chi connectivity index (χ0v) is 18.2. The van der Waals surface area contributed by atoms with E-state index in [0.717, 1.165) is 0 Å². The number of fused-ring (bicyclic) bond motifs is 1. The number of ether oxygens (including phenoxy) is 1. The van der Waals surface area contributed by atoms with Crippen LogP contribution in [0.1, 0.15) is 6.92 Å². The molecular weight excluding hydrogens is 430 g/mol. The van der Waals surface area contributed by atoms with Crippen LogP contribution in [0.25, 0.3) is 0 Å². The highest BCUT2D eigenvalue weighted by Gasteiger charge is 2.69. The van der Waals surface area contributed by atoms with E-state index in [0.29, 0.717) is 5.69 Å². The van der Waals surface area contributed by atoms with Crippen LogP contribution in [0.4, 0.5) is 5.69 Å². The molecule has 9 nitrogen and oxygen atoms in total. The SMILES string of the molecule is CS[C@]12SCC(COC(C)=O)(C(=O)O)CN1C(=O)C2N(C(=O)CN)c1ccccc1. The number of carboxylic acid groups (broad SMARTS) is 1. The highest BCUT2D eigenvalue weighted by molar-refractivity contribution is 8.18. The van der Waals surface area contributed by atoms with Crippen molar-refractivity contribution in [1.82, 2.24) is 4.90 Å². The fourth-order valence-electron chi connectivity index (χ4n) is 3.67. The third kappa shape index (κ3) is 3.54. The third-order valence-electron chi connectivity index (χ3n) is 5.27. The first-order chi connectivity index (χ1) is 14.2. The highest BCUT2D eigenvalue weighted by atomic mass is 32.2. The maximum absolute atomic E-state index is 13.2. The number of β-lactam (4-membered cyclic amide) rings is 1. The number of anilines is 1. The lowest BCUT2D eigenvalue weighted by atomic mass is 9.87. The van der Waals surface area contributed by atoms with Gasteiger partial charge in [-0.2, -0.15) is 0 Å². The number of nitrogens with two attached hydrogens (primary N) is 1. The second-order valence-corrected chi connectivity index (χ2v) is 9.61. The van der Waals surface area contributed by atoms with Crippen LogP contribution in [0.2, 0.25) is 0 Å². The summed E-state index contributed by atoms with van der Waals surface area (Å²) in [4.78, 5) is 52.0. The predicted molar refractivity (Wildman–Crippen MR) is 114 cm³/mol. The molecule has 3 atom stereocenters. The first kappa shape index (κ1) is 22.4. The summed E-state index contributed by atoms with van der Waals surface area (Å²) in [5, 5.41) is 9.82. The number of rotatable bonds is 7. The molecule has 1 aromatic rings. The maximum Gasteiger partial charge on any atom is 0.315 e. The number of thioether (sulfide) groups is 2. The molecule has 0 aliphatic carbocycles. The van der Waals surface area contributed by atoms with E-state index >= 15 is 0 Å². The van der Waals surface area contributed by atoms with E-state index < -0.39 is 33.5 Å². The zero-order valence-electron chi connectivity index (χ0n) is 16.6. The minimum atomic E-state index is -1.41. The predicted octanol–water partition coefficient (Wildman–Crippen LogP) is 0.587. The van der Waals surface area contributed by atoms with Crippen LogP contribution < -0.4 is 10.6 Å². The molecule has 2 aliphatic heterocycles. The van der Waals surface area contributed by atoms with Gasteiger partial charge in [0.25, 0.3) is 5.91 Å². The lowest BCUT2D eigenvalue weighted by Crippen LogP contribution is -2.81. The summed E-state index contributed by atoms with van der Waals surface area (Å²) in [5.41, 5.74) is 4.76. The van der Waals surface area contributed by atoms with Crippen molar-refractivity contribution < 1.29 is 29.0 Å². The van der Waals surface area contributed by atoms with Crippen molar-refractivity contribution in [1.29, 1.82) is 0 Å². The molecule has 1 aromatic carbocycles. The monoisotopic (exact) mass is 453 g/mol. The number of esters is 1. The van der Waals surface area contributed by atoms with Crippen molar-refractivity contribution in [3.05, 3.63) is 30.3 Å². The van der Waals surface area contributed by atoms with E-state index in [4.69, 9.17) is 10.5 Å². The lowest BCUT2D eigenvalue weighted by Gasteiger charge is -2.62. The molecule has 0 spiro atoms. The standard InChI is InChI=1S/C19H23N3O6S2/c1-12(23)28-10-18(17(26)27)9-21-16(25)15(19(21,29-2)30-11-18)22(14(24)8-20)13-6-4-3-5-7-13/h3-7,15H,8-11,20H2,1-2H3,(H,26,27)/t15?,18?,19-/m1/s1. The Morgan fingerprint density at radius 1 is 1.37 bits per heavy atom. The largest absolute Gasteiger partial charge is 0.481 e. The van der Waals surface area contributed by atoms with Crippen LogP contribution in [0.5, 0.6) is 0 Å². The Labute approximate surface area is 182 Å². The van der Waals surface area contributed by atoms with Gasteiger partial charge in [-0.25, -0.2) is 0 Å². The van der Waals surface area contributed by atoms with Crippen LogP contribution in [0, 0.1) is 5.41 Å². The van der Waals surface area contributed by atoms with Gasteiger partial charge in [-0.05, 0) is 18.4 Å². The Balaban J connectivity index is 1.95. The summed E-state index contributed by atoms with van der Waals surface area (Å²) in [6.07, 6.45) is 1.81. The van der Waals surface area contributed by atoms with Gasteiger partial charge >= 0.3 is 11.9 Å². The number of carboxylic acids is 1. The summed E-state index contributed by atoms with van der Waals surface area (Å²) in [6.45, 7) is 0.504. The second-order valence-electron chi connectivity index (χ2n) is 7.12. The van der Waals surface area contributed by atoms with Crippen molar-refractivity contribution in [2.24, 2.45) is 11.1 Å². The van der Waals surface area contributed by atoms with Crippen LogP contribution in [0.15, 0.2) is 30.3 Å². The Morgan fingerprint density at radius 3 is 2.57 bits per heavy atom. The first-order valence-electron chi connectivity index (χ1n) is 9.17. The van der Waals surface area contributed by atoms with Crippen molar-refractivity contribution in [2.75, 3.05) is 36.6 Å². The Hall–Kier alpha value is -2.24. The molecule has 2 saturated heterocycles. The van der Waals surface area contributed by atoms with E-state index in [1.807, 2.05) is 6.26 Å². The maximum atomic E-state index is 13.2. The summed E-state index contributed by atoms with van der Waals surface area (Å²) in [7, 11) is 0. The number of hydrogen-bond donors (Lipinski definition) is 2. The summed E-state index contributed by atoms with van der Waals surface area (Å²) in [6, 6.07) is 7.97. The minimum absolute atomic E-state index is 0.113. The molecule has 2 amide bonds. The van der Waals surface area contributed by atoms with Crippen LogP contribution in [-0.2, 0) is 23.9 Å². The molecule has 2 aliphatic rings. The van der Waals surface area contributed by atoms with Crippen molar-refractivity contribution >= 4 is 53.0 Å². The molecule has 3 N–H and O–H groups in total. The summed E-state index contributed by atoms with van der Waals surface area (Å²) >= 11 is 2.65. The van der Waals surface area contributed by atoms with Gasteiger partial charge in [0.1, 0.15) is 12.0 Å². The Morgan fingerprint density at radius 2 is 2.03 bits per heavy atom. The van der Waals surface area contributed by atoms with Gasteiger partial charge in [-0.3, -0.25) is 24.1 Å². The molecule has 0 aromatic heterocycles. The first-order valence-corrected chi connectivity index (χ1v) is 11.4. The summed E-state index contributed by atoms with van der Waals surface area (Å²) < 4.78 is 4.14. The van der Waals surface area contributed by atoms with Gasteiger partial charge in [0.15, 0.2) is 10.2 Å². The number of para-hydroxylation sites is 1. The van der Waals surface area contributed by atoms with Gasteiger partial charge in [0, 0.05) is 24.9 Å². The quantitative estimate of drug-likeness (QED) is 0.450. The minimum Gasteiger partial charge on any atom is -0.481 e. The summed E-state index contributed by atoms with van der Waals surface area (Å²) in [5.74, 6) is -2.37. The molecule has 30 heavy (non-hydrogen) atoms. The number of benzene rings is 1. The topological polar surface area (TPSA) is 130 Å². The molecule has 0 radical (unpaired) electrons. The Kier molecular flexibility index (Phi) is 6.34. The molecule has 0 bridgehead atoms. The fraction of sp³-hybridized carbons (Fsp3) is 0.474. The smallest absolute Gasteiger partial charge is 0.315 e. The number of carbonyl (C=O) groups excluding carboxylic acids is 3. The van der Waals surface area contributed by atoms with Gasteiger partial charge in [-0.15, -0.1) is 23.5 Å². The molecule has 11 heteroatoms. The molecule has 3 rings (SSSR count). The van der Waals surface area contributed by atoms with Gasteiger partial charge in [0.05, 0.1) is 6.54 Å². The van der Waals surface area contributed by atoms with Gasteiger partial charge in [0.2, 0.25) is 5.91 Å². The highest BCUT2D eigenvalue weighted by Crippen LogP contribution is 2.57. The second kappa shape index (κ2) is 8.48. The molecule has 0 saturated carbocycles. The molecule has 2 unspecified atom stereocenters. The normalized spacial score (nSPS) is 27.6. The van der Waals surface area contributed by atoms with E-state index in [1.165, 1.54) is 40.2 Å². The van der Waals surface area contributed by atoms with E-state index in [-0.39, 0.29) is 31.4 Å². The average Bonchev–Trinajstić information content (AvgIpc) is 2.75. The van der Waals surface area contributed by atoms with Crippen molar-refractivity contribution in [3.63, 3.8) is 0 Å². The van der Waals surface area contributed by atoms with E-state index in [9.17, 15) is 24.3 Å². The number of hydrogen-bond acceptors (Lipinski definition) is 8. The number of carbonyl (C=O) groups is 4. The van der Waals surface area contributed by atoms with E-state index in [1.54, 1.807) is 30.3 Å². The molecule has 2 fully saturated rings. The number of amides is 2. The van der Waals surface area contributed by atoms with Gasteiger partial charge in [-0.1, -0.05) is 18.2 Å². The van der Waals surface area contributed by atoms with Crippen molar-refractivity contribution in [3.8, 4) is 0 Å². The van der Waals surface area contributed by atoms with E-state index in [2.05, 4.69) is 0 Å². The molecular formula is C19H23N3O6S2. The zero-order chi connectivity index (χ0) is 22.1. The van der Waals surface area contributed by atoms with Crippen LogP contribution in [-0.4, -0.2) is 75.7 Å². The number of nitrogens with zero attached hydrogens (tertiary/aromatic N) is 2. The number of aliphatic carboxylic acids is 1. The van der Waals surface area contributed by atoms with Crippen LogP contribution >= 0.6 is 23.5 Å². The molecule has 162 valence electrons. The fourth-order valence-corrected chi connectivity index (χ4v) is 6.58. The van der Waals surface area contributed by atoms with Crippen LogP contribution in [0.3, 0.4) is 0 Å². The Bertz CT molecular complexity index is 869. The lowest BCUT2D eigenvalue weighted by molar-refractivity contribution is -0.165. The third-order valence-corrected chi connectivity index (χ3v) is 8.71. The molecule has 2 heterocycles. The van der Waals surface area contributed by atoms with Gasteiger partial charge < -0.3 is 20.5 Å². The average molecular weight is 454 g/mol.